The van der Waals surface area contributed by atoms with Crippen LogP contribution in [0.25, 0.3) is 0 Å². The van der Waals surface area contributed by atoms with Crippen LogP contribution in [-0.4, -0.2) is 0 Å². The fourth-order valence-corrected chi connectivity index (χ4v) is 3.91. The molecule has 154 valence electrons. The van der Waals surface area contributed by atoms with E-state index in [0.29, 0.717) is 0 Å². The summed E-state index contributed by atoms with van der Waals surface area (Å²) in [5, 5.41) is 0. The Morgan fingerprint density at radius 3 is 0.429 bits per heavy atom. The molecule has 0 unspecified atom stereocenters. The minimum Gasteiger partial charge on any atom is -0.0661 e. The maximum absolute atomic E-state index is 2.22. The summed E-state index contributed by atoms with van der Waals surface area (Å²) in [6.07, 6.45) is 3.62. The minimum atomic E-state index is 0. The molecule has 3 aliphatic rings. The van der Waals surface area contributed by atoms with E-state index in [1.54, 1.807) is 33.4 Å². The number of hydrogen-bond acceptors (Lipinski definition) is 0. The summed E-state index contributed by atoms with van der Waals surface area (Å²) < 4.78 is 0. The van der Waals surface area contributed by atoms with E-state index < -0.39 is 0 Å². The molecule has 0 amide bonds. The number of allylic oxidation sites excluding steroid dienone is 12. The fraction of sp³-hybridized carbons (Fsp3) is 0.556. The van der Waals surface area contributed by atoms with Gasteiger partial charge in [-0.25, -0.2) is 0 Å². The van der Waals surface area contributed by atoms with E-state index in [2.05, 4.69) is 83.1 Å². The fourth-order valence-electron chi connectivity index (χ4n) is 3.91. The summed E-state index contributed by atoms with van der Waals surface area (Å²) in [5.41, 5.74) is 18.3. The zero-order chi connectivity index (χ0) is 21.0. The van der Waals surface area contributed by atoms with E-state index in [4.69, 9.17) is 0 Å². The Hall–Kier alpha value is -0.183. The normalized spacial score (nSPS) is 19.3. The second-order valence-corrected chi connectivity index (χ2v) is 8.96. The van der Waals surface area contributed by atoms with Crippen LogP contribution in [0.15, 0.2) is 66.9 Å². The molecule has 0 aromatic carbocycles. The molecule has 0 nitrogen and oxygen atoms in total. The van der Waals surface area contributed by atoms with Gasteiger partial charge in [0.25, 0.3) is 0 Å². The average molecular weight is 507 g/mol. The molecule has 0 aromatic rings. The molecule has 0 fully saturated rings. The van der Waals surface area contributed by atoms with Gasteiger partial charge < -0.3 is 0 Å². The molecule has 28 heavy (non-hydrogen) atoms. The Bertz CT molecular complexity index is 626. The number of hydrogen-bond donors (Lipinski definition) is 0. The third-order valence-electron chi connectivity index (χ3n) is 7.12. The van der Waals surface area contributed by atoms with Crippen molar-refractivity contribution in [2.24, 2.45) is 0 Å². The SMILES string of the molecule is CC1=C(C)C(C)=C(C)C1.CC1=C(C)C(C)=C(C)C1.CC1=C(C)C(C)=C(C)C1.[Ce]. The zero-order valence-electron chi connectivity index (χ0n) is 20.6. The van der Waals surface area contributed by atoms with Crippen LogP contribution in [0.1, 0.15) is 102 Å². The Morgan fingerprint density at radius 2 is 0.393 bits per heavy atom. The molecule has 0 radical (unpaired) electrons. The molecule has 0 aromatic heterocycles. The molecule has 0 spiro atoms. The van der Waals surface area contributed by atoms with Crippen LogP contribution in [0.4, 0.5) is 0 Å². The Morgan fingerprint density at radius 1 is 0.286 bits per heavy atom. The van der Waals surface area contributed by atoms with Gasteiger partial charge in [0.05, 0.1) is 0 Å². The van der Waals surface area contributed by atoms with Crippen molar-refractivity contribution in [2.45, 2.75) is 102 Å². The smallest absolute Gasteiger partial charge is 0 e. The minimum absolute atomic E-state index is 0. The summed E-state index contributed by atoms with van der Waals surface area (Å²) in [5.74, 6) is 0. The quantitative estimate of drug-likeness (QED) is 0.307. The molecule has 3 aliphatic carbocycles. The van der Waals surface area contributed by atoms with Gasteiger partial charge in [0.1, 0.15) is 0 Å². The predicted molar refractivity (Wildman–Crippen MR) is 124 cm³/mol. The van der Waals surface area contributed by atoms with Crippen molar-refractivity contribution in [3.05, 3.63) is 66.9 Å². The molecule has 0 N–H and O–H groups in total. The standard InChI is InChI=1S/3C9H14.Ce/c3*1-6-5-7(2)9(4)8(6)3;/h3*5H2,1-4H3;. The summed E-state index contributed by atoms with van der Waals surface area (Å²) in [6.45, 7) is 26.6. The van der Waals surface area contributed by atoms with Crippen molar-refractivity contribution in [3.63, 3.8) is 0 Å². The molecule has 0 aliphatic heterocycles. The van der Waals surface area contributed by atoms with Crippen LogP contribution in [0.3, 0.4) is 0 Å². The topological polar surface area (TPSA) is 0 Å². The van der Waals surface area contributed by atoms with Crippen LogP contribution < -0.4 is 0 Å². The summed E-state index contributed by atoms with van der Waals surface area (Å²) in [6, 6.07) is 0. The van der Waals surface area contributed by atoms with Crippen molar-refractivity contribution >= 4 is 0 Å². The average Bonchev–Trinajstić information content (AvgIpc) is 3.07. The Kier molecular flexibility index (Phi) is 11.8. The van der Waals surface area contributed by atoms with Crippen LogP contribution >= 0.6 is 0 Å². The van der Waals surface area contributed by atoms with Gasteiger partial charge >= 0.3 is 0 Å². The van der Waals surface area contributed by atoms with E-state index in [9.17, 15) is 0 Å². The molecule has 0 heterocycles. The van der Waals surface area contributed by atoms with E-state index in [0.717, 1.165) is 0 Å². The zero-order valence-corrected chi connectivity index (χ0v) is 23.8. The van der Waals surface area contributed by atoms with Gasteiger partial charge in [-0.3, -0.25) is 0 Å². The van der Waals surface area contributed by atoms with Crippen molar-refractivity contribution < 1.29 is 41.7 Å². The molecule has 1 heteroatoms. The first-order valence-corrected chi connectivity index (χ1v) is 10.4. The molecule has 0 saturated carbocycles. The van der Waals surface area contributed by atoms with Crippen molar-refractivity contribution in [1.29, 1.82) is 0 Å². The Labute approximate surface area is 209 Å². The predicted octanol–water partition coefficient (Wildman–Crippen LogP) is 9.19. The maximum atomic E-state index is 2.22. The Balaban J connectivity index is 0.000000384. The van der Waals surface area contributed by atoms with Crippen LogP contribution in [0, 0.1) is 41.7 Å². The molecule has 0 saturated heterocycles. The van der Waals surface area contributed by atoms with Gasteiger partial charge in [0.2, 0.25) is 0 Å². The first-order chi connectivity index (χ1) is 12.4. The van der Waals surface area contributed by atoms with E-state index in [-0.39, 0.29) is 41.7 Å². The van der Waals surface area contributed by atoms with E-state index in [1.165, 1.54) is 52.7 Å². The first-order valence-electron chi connectivity index (χ1n) is 10.4. The summed E-state index contributed by atoms with van der Waals surface area (Å²) in [4.78, 5) is 0. The molecule has 0 atom stereocenters. The molecule has 3 rings (SSSR count). The van der Waals surface area contributed by atoms with Gasteiger partial charge in [-0.05, 0) is 136 Å². The molecular weight excluding hydrogens is 464 g/mol. The van der Waals surface area contributed by atoms with Crippen molar-refractivity contribution in [1.82, 2.24) is 0 Å². The van der Waals surface area contributed by atoms with E-state index >= 15 is 0 Å². The maximum Gasteiger partial charge on any atom is 0 e. The van der Waals surface area contributed by atoms with Crippen LogP contribution in [-0.2, 0) is 0 Å². The van der Waals surface area contributed by atoms with Gasteiger partial charge in [0, 0.05) is 41.7 Å². The largest absolute Gasteiger partial charge is 0.0661 e. The summed E-state index contributed by atoms with van der Waals surface area (Å²) >= 11 is 0. The van der Waals surface area contributed by atoms with Gasteiger partial charge in [0.15, 0.2) is 0 Å². The molecular formula is C27H42Ce. The summed E-state index contributed by atoms with van der Waals surface area (Å²) in [7, 11) is 0. The third kappa shape index (κ3) is 6.95. The van der Waals surface area contributed by atoms with Gasteiger partial charge in [-0.1, -0.05) is 33.4 Å². The van der Waals surface area contributed by atoms with Crippen LogP contribution in [0.5, 0.6) is 0 Å². The second kappa shape index (κ2) is 11.9. The first kappa shape index (κ1) is 27.8. The van der Waals surface area contributed by atoms with Gasteiger partial charge in [-0.2, -0.15) is 0 Å². The van der Waals surface area contributed by atoms with Gasteiger partial charge in [-0.15, -0.1) is 0 Å². The van der Waals surface area contributed by atoms with Crippen molar-refractivity contribution in [2.75, 3.05) is 0 Å². The molecule has 0 bridgehead atoms. The monoisotopic (exact) mass is 506 g/mol. The third-order valence-corrected chi connectivity index (χ3v) is 7.12. The second-order valence-electron chi connectivity index (χ2n) is 8.96. The number of rotatable bonds is 0. The van der Waals surface area contributed by atoms with Crippen LogP contribution in [0.2, 0.25) is 0 Å². The van der Waals surface area contributed by atoms with E-state index in [1.807, 2.05) is 0 Å². The van der Waals surface area contributed by atoms with Crippen molar-refractivity contribution in [3.8, 4) is 0 Å².